The second-order valence-electron chi connectivity index (χ2n) is 4.37. The number of hydrogen-bond acceptors (Lipinski definition) is 4. The summed E-state index contributed by atoms with van der Waals surface area (Å²) >= 11 is 0. The van der Waals surface area contributed by atoms with Crippen molar-refractivity contribution in [2.45, 2.75) is 78.1 Å². The van der Waals surface area contributed by atoms with E-state index in [0.29, 0.717) is 0 Å². The van der Waals surface area contributed by atoms with Crippen LogP contribution in [0.25, 0.3) is 0 Å². The molecular formula is C14H26O4Pb. The molecule has 4 nitrogen and oxygen atoms in total. The fraction of sp³-hybridized carbons (Fsp3) is 0.857. The predicted molar refractivity (Wildman–Crippen MR) is 73.3 cm³/mol. The van der Waals surface area contributed by atoms with Gasteiger partial charge in [-0.05, 0) is 25.7 Å². The summed E-state index contributed by atoms with van der Waals surface area (Å²) in [6, 6.07) is 0. The molecule has 0 aromatic rings. The normalized spacial score (nSPS) is 8.95. The van der Waals surface area contributed by atoms with Crippen LogP contribution in [0.5, 0.6) is 0 Å². The quantitative estimate of drug-likeness (QED) is 0.357. The van der Waals surface area contributed by atoms with Crippen molar-refractivity contribution in [3.63, 3.8) is 0 Å². The molecule has 0 rings (SSSR count). The van der Waals surface area contributed by atoms with Crippen molar-refractivity contribution >= 4 is 39.2 Å². The van der Waals surface area contributed by atoms with Gasteiger partial charge in [-0.15, -0.1) is 0 Å². The van der Waals surface area contributed by atoms with Crippen LogP contribution in [0.1, 0.15) is 78.1 Å². The van der Waals surface area contributed by atoms with Crippen molar-refractivity contribution < 1.29 is 19.8 Å². The van der Waals surface area contributed by atoms with Gasteiger partial charge < -0.3 is 19.8 Å². The van der Waals surface area contributed by atoms with Gasteiger partial charge in [-0.1, -0.05) is 52.4 Å². The molecule has 2 radical (unpaired) electrons. The van der Waals surface area contributed by atoms with Crippen LogP contribution in [-0.4, -0.2) is 39.2 Å². The predicted octanol–water partition coefficient (Wildman–Crippen LogP) is 1.03. The van der Waals surface area contributed by atoms with Crippen LogP contribution in [-0.2, 0) is 9.59 Å². The van der Waals surface area contributed by atoms with Gasteiger partial charge >= 0.3 is 27.3 Å². The Morgan fingerprint density at radius 3 is 1.21 bits per heavy atom. The van der Waals surface area contributed by atoms with E-state index in [4.69, 9.17) is 0 Å². The molecule has 110 valence electrons. The van der Waals surface area contributed by atoms with E-state index in [0.717, 1.165) is 51.4 Å². The van der Waals surface area contributed by atoms with Crippen LogP contribution >= 0.6 is 0 Å². The molecule has 0 aliphatic carbocycles. The van der Waals surface area contributed by atoms with Gasteiger partial charge in [-0.2, -0.15) is 0 Å². The Balaban J connectivity index is -0.000000256. The standard InChI is InChI=1S/2C7H14O2.Pb/c2*1-2-3-4-5-6-7(8)9;/h2*2-6H2,1H3,(H,8,9);/q;;+2/p-2. The Morgan fingerprint density at radius 2 is 1.00 bits per heavy atom. The van der Waals surface area contributed by atoms with Gasteiger partial charge in [0, 0.05) is 11.9 Å². The van der Waals surface area contributed by atoms with Gasteiger partial charge in [0.25, 0.3) is 0 Å². The number of carboxylic acid groups (broad SMARTS) is 2. The molecule has 0 aliphatic heterocycles. The van der Waals surface area contributed by atoms with E-state index in [9.17, 15) is 19.8 Å². The van der Waals surface area contributed by atoms with Crippen molar-refractivity contribution in [1.29, 1.82) is 0 Å². The van der Waals surface area contributed by atoms with Gasteiger partial charge in [-0.25, -0.2) is 0 Å². The third-order valence-electron chi connectivity index (χ3n) is 2.47. The first-order chi connectivity index (χ1) is 8.54. The molecule has 0 unspecified atom stereocenters. The summed E-state index contributed by atoms with van der Waals surface area (Å²) in [5.41, 5.74) is 0. The Hall–Kier alpha value is -0.138. The molecule has 19 heavy (non-hydrogen) atoms. The van der Waals surface area contributed by atoms with Gasteiger partial charge in [0.15, 0.2) is 0 Å². The molecule has 0 fully saturated rings. The third-order valence-corrected chi connectivity index (χ3v) is 2.47. The van der Waals surface area contributed by atoms with Crippen LogP contribution < -0.4 is 10.2 Å². The van der Waals surface area contributed by atoms with Gasteiger partial charge in [-0.3, -0.25) is 0 Å². The zero-order chi connectivity index (χ0) is 14.2. The van der Waals surface area contributed by atoms with Crippen LogP contribution in [0, 0.1) is 0 Å². The van der Waals surface area contributed by atoms with Crippen LogP contribution in [0.4, 0.5) is 0 Å². The maximum atomic E-state index is 9.85. The summed E-state index contributed by atoms with van der Waals surface area (Å²) in [6.45, 7) is 4.19. The summed E-state index contributed by atoms with van der Waals surface area (Å²) in [5.74, 6) is -1.85. The van der Waals surface area contributed by atoms with E-state index in [2.05, 4.69) is 13.8 Å². The number of rotatable bonds is 10. The molecule has 0 atom stereocenters. The Bertz CT molecular complexity index is 186. The number of hydrogen-bond donors (Lipinski definition) is 0. The Kier molecular flexibility index (Phi) is 25.4. The Morgan fingerprint density at radius 1 is 0.684 bits per heavy atom. The molecule has 0 saturated carbocycles. The minimum Gasteiger partial charge on any atom is -0.550 e. The SMILES string of the molecule is CCCCCCC(=O)[O-].CCCCCCC(=O)[O-].[Pb+2]. The smallest absolute Gasteiger partial charge is 0.550 e. The van der Waals surface area contributed by atoms with Crippen molar-refractivity contribution in [3.05, 3.63) is 0 Å². The van der Waals surface area contributed by atoms with Gasteiger partial charge in [0.2, 0.25) is 0 Å². The van der Waals surface area contributed by atoms with Crippen molar-refractivity contribution in [2.24, 2.45) is 0 Å². The summed E-state index contributed by atoms with van der Waals surface area (Å²) in [4.78, 5) is 19.7. The first-order valence-electron chi connectivity index (χ1n) is 6.94. The monoisotopic (exact) mass is 466 g/mol. The van der Waals surface area contributed by atoms with E-state index < -0.39 is 11.9 Å². The average molecular weight is 466 g/mol. The van der Waals surface area contributed by atoms with Crippen LogP contribution in [0.3, 0.4) is 0 Å². The summed E-state index contributed by atoms with van der Waals surface area (Å²) in [5, 5.41) is 19.7. The summed E-state index contributed by atoms with van der Waals surface area (Å²) in [7, 11) is 0. The molecule has 0 aromatic carbocycles. The topological polar surface area (TPSA) is 80.3 Å². The number of unbranched alkanes of at least 4 members (excludes halogenated alkanes) is 6. The molecule has 0 aromatic heterocycles. The largest absolute Gasteiger partial charge is 2.00 e. The van der Waals surface area contributed by atoms with Crippen LogP contribution in [0.15, 0.2) is 0 Å². The molecule has 0 spiro atoms. The van der Waals surface area contributed by atoms with E-state index in [-0.39, 0.29) is 40.1 Å². The number of carbonyl (C=O) groups is 2. The molecule has 0 amide bonds. The minimum absolute atomic E-state index is 0. The van der Waals surface area contributed by atoms with E-state index in [1.807, 2.05) is 0 Å². The second-order valence-corrected chi connectivity index (χ2v) is 4.37. The molecule has 0 heterocycles. The van der Waals surface area contributed by atoms with E-state index in [1.165, 1.54) is 0 Å². The molecule has 0 bridgehead atoms. The van der Waals surface area contributed by atoms with E-state index >= 15 is 0 Å². The van der Waals surface area contributed by atoms with E-state index in [1.54, 1.807) is 0 Å². The molecule has 0 N–H and O–H groups in total. The first-order valence-corrected chi connectivity index (χ1v) is 6.94. The maximum Gasteiger partial charge on any atom is 2.00 e. The first kappa shape index (κ1) is 23.9. The molecule has 0 saturated heterocycles. The van der Waals surface area contributed by atoms with Gasteiger partial charge in [0.05, 0.1) is 0 Å². The second kappa shape index (κ2) is 20.2. The minimum atomic E-state index is -0.925. The number of aliphatic carboxylic acids is 2. The molecule has 0 aliphatic rings. The zero-order valence-electron chi connectivity index (χ0n) is 12.2. The zero-order valence-corrected chi connectivity index (χ0v) is 16.1. The Labute approximate surface area is 137 Å². The van der Waals surface area contributed by atoms with Crippen molar-refractivity contribution in [1.82, 2.24) is 0 Å². The molecular weight excluding hydrogens is 439 g/mol. The third kappa shape index (κ3) is 31.9. The van der Waals surface area contributed by atoms with Crippen molar-refractivity contribution in [2.75, 3.05) is 0 Å². The number of carboxylic acids is 2. The number of carbonyl (C=O) groups excluding carboxylic acids is 2. The fourth-order valence-corrected chi connectivity index (χ4v) is 1.39. The van der Waals surface area contributed by atoms with Crippen molar-refractivity contribution in [3.8, 4) is 0 Å². The summed E-state index contributed by atoms with van der Waals surface area (Å²) in [6.07, 6.45) is 8.59. The molecule has 5 heteroatoms. The van der Waals surface area contributed by atoms with Crippen LogP contribution in [0.2, 0.25) is 0 Å². The van der Waals surface area contributed by atoms with Gasteiger partial charge in [0.1, 0.15) is 0 Å². The fourth-order valence-electron chi connectivity index (χ4n) is 1.39. The average Bonchev–Trinajstić information content (AvgIpc) is 2.31. The maximum absolute atomic E-state index is 9.85. The summed E-state index contributed by atoms with van der Waals surface area (Å²) < 4.78 is 0.